The molecule has 0 spiro atoms. The van der Waals surface area contributed by atoms with Gasteiger partial charge >= 0.3 is 0 Å². The molecule has 1 unspecified atom stereocenters. The van der Waals surface area contributed by atoms with Gasteiger partial charge in [0.15, 0.2) is 0 Å². The molecule has 90 valence electrons. The van der Waals surface area contributed by atoms with Gasteiger partial charge in [-0.25, -0.2) is 4.98 Å². The Morgan fingerprint density at radius 3 is 2.94 bits per heavy atom. The Hall–Kier alpha value is -0.990. The average molecular weight is 221 g/mol. The highest BCUT2D eigenvalue weighted by atomic mass is 15.2. The highest BCUT2D eigenvalue weighted by Gasteiger charge is 2.17. The third kappa shape index (κ3) is 2.57. The Bertz CT molecular complexity index is 313. The second-order valence-electron chi connectivity index (χ2n) is 4.92. The molecule has 1 aliphatic rings. The summed E-state index contributed by atoms with van der Waals surface area (Å²) < 4.78 is 2.28. The van der Waals surface area contributed by atoms with E-state index < -0.39 is 0 Å². The van der Waals surface area contributed by atoms with Crippen LogP contribution in [0.4, 0.5) is 5.95 Å². The summed E-state index contributed by atoms with van der Waals surface area (Å²) in [7, 11) is 0. The summed E-state index contributed by atoms with van der Waals surface area (Å²) >= 11 is 0. The van der Waals surface area contributed by atoms with Crippen molar-refractivity contribution in [3.05, 3.63) is 12.4 Å². The maximum absolute atomic E-state index is 4.43. The van der Waals surface area contributed by atoms with E-state index >= 15 is 0 Å². The van der Waals surface area contributed by atoms with Crippen molar-refractivity contribution in [1.82, 2.24) is 9.55 Å². The van der Waals surface area contributed by atoms with Crippen molar-refractivity contribution in [3.8, 4) is 0 Å². The Labute approximate surface area is 98.3 Å². The second kappa shape index (κ2) is 5.37. The average Bonchev–Trinajstić information content (AvgIpc) is 2.90. The maximum atomic E-state index is 4.43. The quantitative estimate of drug-likeness (QED) is 0.823. The Morgan fingerprint density at radius 1 is 1.50 bits per heavy atom. The van der Waals surface area contributed by atoms with Crippen molar-refractivity contribution < 1.29 is 0 Å². The monoisotopic (exact) mass is 221 g/mol. The molecule has 0 amide bonds. The number of hydrogen-bond donors (Lipinski definition) is 1. The molecule has 3 heteroatoms. The predicted octanol–water partition coefficient (Wildman–Crippen LogP) is 3.60. The van der Waals surface area contributed by atoms with E-state index in [1.165, 1.54) is 38.5 Å². The molecule has 2 rings (SSSR count). The summed E-state index contributed by atoms with van der Waals surface area (Å²) in [6, 6.07) is 1.20. The molecule has 1 atom stereocenters. The highest BCUT2D eigenvalue weighted by Crippen LogP contribution is 2.24. The molecule has 0 aromatic carbocycles. The molecule has 1 aromatic heterocycles. The molecule has 0 saturated heterocycles. The number of rotatable bonds is 5. The van der Waals surface area contributed by atoms with E-state index in [4.69, 9.17) is 0 Å². The predicted molar refractivity (Wildman–Crippen MR) is 67.7 cm³/mol. The standard InChI is InChI=1S/C13H23N3/c1-3-6-11(2)16-10-9-14-13(16)15-12-7-4-5-8-12/h9-12H,3-8H2,1-2H3,(H,14,15). The van der Waals surface area contributed by atoms with Gasteiger partial charge in [0.2, 0.25) is 5.95 Å². The van der Waals surface area contributed by atoms with Crippen LogP contribution < -0.4 is 5.32 Å². The first-order valence-corrected chi connectivity index (χ1v) is 6.60. The van der Waals surface area contributed by atoms with Gasteiger partial charge < -0.3 is 9.88 Å². The lowest BCUT2D eigenvalue weighted by atomic mass is 10.2. The van der Waals surface area contributed by atoms with Crippen LogP contribution in [0.3, 0.4) is 0 Å². The largest absolute Gasteiger partial charge is 0.353 e. The minimum absolute atomic E-state index is 0.552. The van der Waals surface area contributed by atoms with E-state index in [0.717, 1.165) is 5.95 Å². The van der Waals surface area contributed by atoms with Crippen molar-refractivity contribution in [2.45, 2.75) is 64.5 Å². The van der Waals surface area contributed by atoms with Crippen LogP contribution in [0.5, 0.6) is 0 Å². The number of imidazole rings is 1. The van der Waals surface area contributed by atoms with Crippen LogP contribution >= 0.6 is 0 Å². The first-order valence-electron chi connectivity index (χ1n) is 6.60. The zero-order valence-corrected chi connectivity index (χ0v) is 10.4. The normalized spacial score (nSPS) is 18.9. The summed E-state index contributed by atoms with van der Waals surface area (Å²) in [5.74, 6) is 1.06. The zero-order valence-electron chi connectivity index (χ0n) is 10.4. The molecule has 1 fully saturated rings. The summed E-state index contributed by atoms with van der Waals surface area (Å²) in [6.07, 6.45) is 11.8. The van der Waals surface area contributed by atoms with Gasteiger partial charge in [-0.2, -0.15) is 0 Å². The van der Waals surface area contributed by atoms with Crippen LogP contribution in [0.15, 0.2) is 12.4 Å². The third-order valence-corrected chi connectivity index (χ3v) is 3.54. The molecular weight excluding hydrogens is 198 g/mol. The van der Waals surface area contributed by atoms with Crippen molar-refractivity contribution in [2.24, 2.45) is 0 Å². The van der Waals surface area contributed by atoms with E-state index in [1.54, 1.807) is 0 Å². The fraction of sp³-hybridized carbons (Fsp3) is 0.769. The molecular formula is C13H23N3. The van der Waals surface area contributed by atoms with E-state index in [-0.39, 0.29) is 0 Å². The molecule has 1 N–H and O–H groups in total. The Kier molecular flexibility index (Phi) is 3.86. The van der Waals surface area contributed by atoms with Crippen LogP contribution in [0.2, 0.25) is 0 Å². The van der Waals surface area contributed by atoms with Crippen molar-refractivity contribution >= 4 is 5.95 Å². The van der Waals surface area contributed by atoms with Crippen LogP contribution in [-0.2, 0) is 0 Å². The van der Waals surface area contributed by atoms with Gasteiger partial charge in [-0.3, -0.25) is 0 Å². The molecule has 0 aliphatic heterocycles. The van der Waals surface area contributed by atoms with Gasteiger partial charge in [0.05, 0.1) is 0 Å². The van der Waals surface area contributed by atoms with E-state index in [0.29, 0.717) is 12.1 Å². The zero-order chi connectivity index (χ0) is 11.4. The van der Waals surface area contributed by atoms with E-state index in [2.05, 4.69) is 34.9 Å². The summed E-state index contributed by atoms with van der Waals surface area (Å²) in [6.45, 7) is 4.50. The smallest absolute Gasteiger partial charge is 0.203 e. The summed E-state index contributed by atoms with van der Waals surface area (Å²) in [5.41, 5.74) is 0. The van der Waals surface area contributed by atoms with Gasteiger partial charge in [0, 0.05) is 24.5 Å². The van der Waals surface area contributed by atoms with Gasteiger partial charge in [0.1, 0.15) is 0 Å². The van der Waals surface area contributed by atoms with Crippen molar-refractivity contribution in [3.63, 3.8) is 0 Å². The number of nitrogens with one attached hydrogen (secondary N) is 1. The highest BCUT2D eigenvalue weighted by molar-refractivity contribution is 5.28. The minimum Gasteiger partial charge on any atom is -0.353 e. The molecule has 1 aromatic rings. The fourth-order valence-corrected chi connectivity index (χ4v) is 2.59. The molecule has 1 saturated carbocycles. The molecule has 3 nitrogen and oxygen atoms in total. The number of hydrogen-bond acceptors (Lipinski definition) is 2. The number of aromatic nitrogens is 2. The molecule has 0 bridgehead atoms. The van der Waals surface area contributed by atoms with Crippen LogP contribution in [-0.4, -0.2) is 15.6 Å². The first kappa shape index (κ1) is 11.5. The number of anilines is 1. The Balaban J connectivity index is 2.00. The van der Waals surface area contributed by atoms with E-state index in [9.17, 15) is 0 Å². The summed E-state index contributed by atoms with van der Waals surface area (Å²) in [5, 5.41) is 3.58. The fourth-order valence-electron chi connectivity index (χ4n) is 2.59. The van der Waals surface area contributed by atoms with Gasteiger partial charge in [-0.15, -0.1) is 0 Å². The number of nitrogens with zero attached hydrogens (tertiary/aromatic N) is 2. The summed E-state index contributed by atoms with van der Waals surface area (Å²) in [4.78, 5) is 4.43. The lowest BCUT2D eigenvalue weighted by Gasteiger charge is -2.19. The lowest BCUT2D eigenvalue weighted by molar-refractivity contribution is 0.502. The topological polar surface area (TPSA) is 29.9 Å². The SMILES string of the molecule is CCCC(C)n1ccnc1NC1CCCC1. The minimum atomic E-state index is 0.552. The third-order valence-electron chi connectivity index (χ3n) is 3.54. The van der Waals surface area contributed by atoms with Crippen LogP contribution in [0.1, 0.15) is 58.4 Å². The van der Waals surface area contributed by atoms with Gasteiger partial charge in [0.25, 0.3) is 0 Å². The second-order valence-corrected chi connectivity index (χ2v) is 4.92. The van der Waals surface area contributed by atoms with Gasteiger partial charge in [-0.1, -0.05) is 26.2 Å². The molecule has 0 radical (unpaired) electrons. The van der Waals surface area contributed by atoms with Crippen molar-refractivity contribution in [2.75, 3.05) is 5.32 Å². The Morgan fingerprint density at radius 2 is 2.25 bits per heavy atom. The molecule has 16 heavy (non-hydrogen) atoms. The first-order chi connectivity index (χ1) is 7.81. The van der Waals surface area contributed by atoms with Crippen LogP contribution in [0.25, 0.3) is 0 Å². The molecule has 1 heterocycles. The van der Waals surface area contributed by atoms with Crippen molar-refractivity contribution in [1.29, 1.82) is 0 Å². The molecule has 1 aliphatic carbocycles. The maximum Gasteiger partial charge on any atom is 0.203 e. The lowest BCUT2D eigenvalue weighted by Crippen LogP contribution is -2.19. The van der Waals surface area contributed by atoms with Gasteiger partial charge in [-0.05, 0) is 26.2 Å². The van der Waals surface area contributed by atoms with E-state index in [1.807, 2.05) is 6.20 Å². The van der Waals surface area contributed by atoms with Crippen LogP contribution in [0, 0.1) is 0 Å².